The van der Waals surface area contributed by atoms with Crippen molar-refractivity contribution in [1.82, 2.24) is 9.97 Å². The lowest BCUT2D eigenvalue weighted by molar-refractivity contribution is 0.143. The van der Waals surface area contributed by atoms with Crippen LogP contribution in [0.1, 0.15) is 61.6 Å². The van der Waals surface area contributed by atoms with E-state index in [4.69, 9.17) is 21.6 Å². The quantitative estimate of drug-likeness (QED) is 0.666. The van der Waals surface area contributed by atoms with Gasteiger partial charge in [-0.05, 0) is 74.0 Å². The Morgan fingerprint density at radius 3 is 2.48 bits per heavy atom. The topological polar surface area (TPSA) is 78.3 Å². The predicted octanol–water partition coefficient (Wildman–Crippen LogP) is 4.06. The van der Waals surface area contributed by atoms with Crippen LogP contribution in [0.3, 0.4) is 0 Å². The number of rotatable bonds is 5. The van der Waals surface area contributed by atoms with E-state index in [-0.39, 0.29) is 17.4 Å². The second-order valence-electron chi connectivity index (χ2n) is 10.8. The van der Waals surface area contributed by atoms with Crippen molar-refractivity contribution in [3.63, 3.8) is 0 Å². The number of fused-ring (bicyclic) bond motifs is 4. The highest BCUT2D eigenvalue weighted by molar-refractivity contribution is 7.86. The van der Waals surface area contributed by atoms with Crippen LogP contribution in [0.5, 0.6) is 0 Å². The molecule has 33 heavy (non-hydrogen) atoms. The fourth-order valence-corrected chi connectivity index (χ4v) is 8.55. The van der Waals surface area contributed by atoms with Crippen LogP contribution in [0.2, 0.25) is 5.02 Å². The van der Waals surface area contributed by atoms with Crippen LogP contribution < -0.4 is 10.2 Å². The number of aliphatic hydroxyl groups excluding tert-OH is 1. The van der Waals surface area contributed by atoms with Gasteiger partial charge in [-0.3, -0.25) is 4.21 Å². The first-order chi connectivity index (χ1) is 16.0. The standard InChI is InChI=1S/C25H29ClN4O2S/c26-18-4-2-14(3-5-18)15-8-16-11-30(12-17(16)9-15)24-27-21-19-10-20(19)33(32)22(21)23(28-24)29-25(13-31)6-1-7-25/h2-5,15-17,19-20,31H,1,6-13H2,(H,27,28,29). The summed E-state index contributed by atoms with van der Waals surface area (Å²) in [5.74, 6) is 3.73. The van der Waals surface area contributed by atoms with Gasteiger partial charge >= 0.3 is 0 Å². The Balaban J connectivity index is 1.14. The van der Waals surface area contributed by atoms with Crippen LogP contribution in [0, 0.1) is 11.8 Å². The smallest absolute Gasteiger partial charge is 0.227 e. The van der Waals surface area contributed by atoms with Crippen LogP contribution >= 0.6 is 11.6 Å². The molecule has 2 aromatic rings. The summed E-state index contributed by atoms with van der Waals surface area (Å²) in [5.41, 5.74) is 2.08. The molecule has 5 aliphatic rings. The van der Waals surface area contributed by atoms with Gasteiger partial charge in [0.05, 0.1) is 28.6 Å². The minimum atomic E-state index is -1.03. The Hall–Kier alpha value is -1.70. The van der Waals surface area contributed by atoms with Gasteiger partial charge in [0.1, 0.15) is 10.7 Å². The van der Waals surface area contributed by atoms with Crippen molar-refractivity contribution in [2.45, 2.75) is 66.0 Å². The lowest BCUT2D eigenvalue weighted by Gasteiger charge is -2.41. The normalized spacial score (nSPS) is 35.0. The summed E-state index contributed by atoms with van der Waals surface area (Å²) < 4.78 is 13.0. The van der Waals surface area contributed by atoms with Gasteiger partial charge in [0.25, 0.3) is 0 Å². The van der Waals surface area contributed by atoms with Crippen molar-refractivity contribution in [3.05, 3.63) is 40.5 Å². The molecule has 4 fully saturated rings. The molecule has 8 heteroatoms. The number of nitrogens with one attached hydrogen (secondary N) is 1. The van der Waals surface area contributed by atoms with E-state index in [9.17, 15) is 9.32 Å². The van der Waals surface area contributed by atoms with Gasteiger partial charge < -0.3 is 15.3 Å². The van der Waals surface area contributed by atoms with E-state index in [1.54, 1.807) is 0 Å². The lowest BCUT2D eigenvalue weighted by atomic mass is 9.77. The van der Waals surface area contributed by atoms with Crippen LogP contribution in [0.4, 0.5) is 11.8 Å². The van der Waals surface area contributed by atoms with Gasteiger partial charge in [-0.2, -0.15) is 4.98 Å². The molecule has 5 atom stereocenters. The molecule has 3 aliphatic carbocycles. The first-order valence-electron chi connectivity index (χ1n) is 12.3. The SMILES string of the molecule is O=S1c2c(NC3(CO)CCC3)nc(N3CC4CC(c5ccc(Cl)cc5)CC4C3)nc2C2CC21. The van der Waals surface area contributed by atoms with Crippen molar-refractivity contribution in [2.24, 2.45) is 11.8 Å². The molecule has 0 spiro atoms. The molecule has 5 unspecified atom stereocenters. The van der Waals surface area contributed by atoms with E-state index in [0.717, 1.165) is 60.3 Å². The minimum absolute atomic E-state index is 0.0839. The maximum absolute atomic E-state index is 13.0. The van der Waals surface area contributed by atoms with Gasteiger partial charge in [0.2, 0.25) is 5.95 Å². The second-order valence-corrected chi connectivity index (χ2v) is 12.9. The van der Waals surface area contributed by atoms with Crippen molar-refractivity contribution in [2.75, 3.05) is 29.9 Å². The molecule has 0 amide bonds. The van der Waals surface area contributed by atoms with E-state index < -0.39 is 10.8 Å². The number of anilines is 2. The maximum Gasteiger partial charge on any atom is 0.227 e. The zero-order valence-corrected chi connectivity index (χ0v) is 20.1. The Bertz CT molecular complexity index is 1120. The van der Waals surface area contributed by atoms with Crippen molar-refractivity contribution in [3.8, 4) is 0 Å². The van der Waals surface area contributed by atoms with Gasteiger partial charge in [0.15, 0.2) is 0 Å². The molecule has 6 nitrogen and oxygen atoms in total. The molecular formula is C25H29ClN4O2S. The summed E-state index contributed by atoms with van der Waals surface area (Å²) in [7, 11) is -1.03. The van der Waals surface area contributed by atoms with E-state index in [0.29, 0.717) is 29.5 Å². The van der Waals surface area contributed by atoms with Crippen LogP contribution in [0.15, 0.2) is 29.2 Å². The second kappa shape index (κ2) is 7.40. The van der Waals surface area contributed by atoms with Gasteiger partial charge in [-0.15, -0.1) is 0 Å². The zero-order valence-electron chi connectivity index (χ0n) is 18.5. The molecule has 7 rings (SSSR count). The molecule has 1 aromatic carbocycles. The van der Waals surface area contributed by atoms with Crippen molar-refractivity contribution >= 4 is 34.2 Å². The molecule has 0 bridgehead atoms. The average molecular weight is 485 g/mol. The van der Waals surface area contributed by atoms with E-state index in [2.05, 4.69) is 22.3 Å². The molecule has 1 aromatic heterocycles. The maximum atomic E-state index is 13.0. The largest absolute Gasteiger partial charge is 0.394 e. The molecule has 3 heterocycles. The number of nitrogens with zero attached hydrogens (tertiary/aromatic N) is 3. The Labute approximate surface area is 201 Å². The highest BCUT2D eigenvalue weighted by Crippen LogP contribution is 2.56. The number of hydrogen-bond acceptors (Lipinski definition) is 6. The highest BCUT2D eigenvalue weighted by Gasteiger charge is 2.55. The third-order valence-electron chi connectivity index (χ3n) is 8.81. The van der Waals surface area contributed by atoms with Crippen LogP contribution in [-0.2, 0) is 10.8 Å². The first-order valence-corrected chi connectivity index (χ1v) is 13.8. The van der Waals surface area contributed by atoms with Gasteiger partial charge in [-0.25, -0.2) is 4.98 Å². The highest BCUT2D eigenvalue weighted by atomic mass is 35.5. The Morgan fingerprint density at radius 2 is 1.85 bits per heavy atom. The molecule has 3 saturated carbocycles. The number of aliphatic hydroxyl groups is 1. The monoisotopic (exact) mass is 484 g/mol. The Kier molecular flexibility index (Phi) is 4.63. The molecule has 174 valence electrons. The Morgan fingerprint density at radius 1 is 1.12 bits per heavy atom. The predicted molar refractivity (Wildman–Crippen MR) is 129 cm³/mol. The molecule has 2 aliphatic heterocycles. The third-order valence-corrected chi connectivity index (χ3v) is 10.9. The molecule has 2 N–H and O–H groups in total. The summed E-state index contributed by atoms with van der Waals surface area (Å²) in [6.07, 6.45) is 6.33. The van der Waals surface area contributed by atoms with E-state index in [1.807, 2.05) is 12.1 Å². The molecule has 1 saturated heterocycles. The zero-order chi connectivity index (χ0) is 22.3. The number of aromatic nitrogens is 2. The summed E-state index contributed by atoms with van der Waals surface area (Å²) in [6, 6.07) is 8.36. The summed E-state index contributed by atoms with van der Waals surface area (Å²) >= 11 is 6.08. The van der Waals surface area contributed by atoms with Gasteiger partial charge in [-0.1, -0.05) is 23.7 Å². The number of halogens is 1. The first kappa shape index (κ1) is 20.7. The van der Waals surface area contributed by atoms with Gasteiger partial charge in [0, 0.05) is 29.3 Å². The summed E-state index contributed by atoms with van der Waals surface area (Å²) in [6.45, 7) is 2.05. The van der Waals surface area contributed by atoms with E-state index in [1.165, 1.54) is 18.4 Å². The summed E-state index contributed by atoms with van der Waals surface area (Å²) in [5, 5.41) is 14.5. The van der Waals surface area contributed by atoms with Crippen LogP contribution in [0.25, 0.3) is 0 Å². The minimum Gasteiger partial charge on any atom is -0.394 e. The van der Waals surface area contributed by atoms with Crippen molar-refractivity contribution in [1.29, 1.82) is 0 Å². The fraction of sp³-hybridized carbons (Fsp3) is 0.600. The average Bonchev–Trinajstić information content (AvgIpc) is 3.22. The number of benzene rings is 1. The number of hydrogen-bond donors (Lipinski definition) is 2. The van der Waals surface area contributed by atoms with Crippen molar-refractivity contribution < 1.29 is 9.32 Å². The lowest BCUT2D eigenvalue weighted by Crippen LogP contribution is -2.48. The molecular weight excluding hydrogens is 456 g/mol. The fourth-order valence-electron chi connectivity index (χ4n) is 6.63. The third kappa shape index (κ3) is 3.26. The van der Waals surface area contributed by atoms with E-state index >= 15 is 0 Å². The molecule has 0 radical (unpaired) electrons. The van der Waals surface area contributed by atoms with Crippen LogP contribution in [-0.4, -0.2) is 49.8 Å². The summed E-state index contributed by atoms with van der Waals surface area (Å²) in [4.78, 5) is 13.1.